The number of carbonyl (C=O) groups excluding carboxylic acids is 1. The van der Waals surface area contributed by atoms with Gasteiger partial charge in [0.2, 0.25) is 0 Å². The fraction of sp³-hybridized carbons (Fsp3) is 0.100. The lowest BCUT2D eigenvalue weighted by Gasteiger charge is -1.92. The van der Waals surface area contributed by atoms with E-state index in [0.717, 1.165) is 5.57 Å². The molecule has 0 atom stereocenters. The Bertz CT molecular complexity index is 289. The first-order valence-electron chi connectivity index (χ1n) is 3.39. The van der Waals surface area contributed by atoms with E-state index in [9.17, 15) is 4.79 Å². The van der Waals surface area contributed by atoms with Crippen molar-refractivity contribution in [2.45, 2.75) is 6.92 Å². The maximum absolute atomic E-state index is 10.6. The predicted octanol–water partition coefficient (Wildman–Crippen LogP) is 1.16. The van der Waals surface area contributed by atoms with Gasteiger partial charge in [0.1, 0.15) is 0 Å². The number of amides is 1. The topological polar surface area (TPSA) is 43.1 Å². The van der Waals surface area contributed by atoms with Crippen LogP contribution in [0, 0.1) is 12.3 Å². The van der Waals surface area contributed by atoms with Gasteiger partial charge in [0.05, 0.1) is 5.57 Å². The van der Waals surface area contributed by atoms with E-state index in [-0.39, 0.29) is 5.57 Å². The zero-order valence-electron chi connectivity index (χ0n) is 7.00. The molecule has 0 aliphatic heterocycles. The summed E-state index contributed by atoms with van der Waals surface area (Å²) < 4.78 is 0. The summed E-state index contributed by atoms with van der Waals surface area (Å²) in [6.45, 7) is 5.31. The molecular weight excluding hydrogens is 150 g/mol. The highest BCUT2D eigenvalue weighted by Crippen LogP contribution is 2.00. The summed E-state index contributed by atoms with van der Waals surface area (Å²) in [5.41, 5.74) is 6.00. The lowest BCUT2D eigenvalue weighted by atomic mass is 10.1. The summed E-state index contributed by atoms with van der Waals surface area (Å²) in [5, 5.41) is 0. The second-order valence-electron chi connectivity index (χ2n) is 2.21. The van der Waals surface area contributed by atoms with Gasteiger partial charge in [0.25, 0.3) is 5.91 Å². The van der Waals surface area contributed by atoms with E-state index in [4.69, 9.17) is 12.2 Å². The van der Waals surface area contributed by atoms with Crippen LogP contribution in [0.25, 0.3) is 0 Å². The van der Waals surface area contributed by atoms with Crippen LogP contribution in [0.3, 0.4) is 0 Å². The summed E-state index contributed by atoms with van der Waals surface area (Å²) in [6.07, 6.45) is 9.94. The van der Waals surface area contributed by atoms with Crippen molar-refractivity contribution in [2.75, 3.05) is 0 Å². The van der Waals surface area contributed by atoms with E-state index >= 15 is 0 Å². The van der Waals surface area contributed by atoms with E-state index in [1.54, 1.807) is 18.2 Å². The van der Waals surface area contributed by atoms with Gasteiger partial charge in [-0.05, 0) is 18.6 Å². The molecule has 0 rings (SSSR count). The molecular formula is C10H11NO. The van der Waals surface area contributed by atoms with Crippen LogP contribution < -0.4 is 5.73 Å². The highest BCUT2D eigenvalue weighted by molar-refractivity contribution is 5.96. The first-order valence-corrected chi connectivity index (χ1v) is 3.39. The van der Waals surface area contributed by atoms with Crippen LogP contribution in [0.2, 0.25) is 0 Å². The number of terminal acetylenes is 1. The maximum Gasteiger partial charge on any atom is 0.257 e. The summed E-state index contributed by atoms with van der Waals surface area (Å²) >= 11 is 0. The Kier molecular flexibility index (Phi) is 4.25. The molecule has 2 nitrogen and oxygen atoms in total. The molecule has 0 aliphatic carbocycles. The number of hydrogen-bond donors (Lipinski definition) is 1. The Morgan fingerprint density at radius 1 is 1.67 bits per heavy atom. The molecule has 1 amide bonds. The average Bonchev–Trinajstić information content (AvgIpc) is 2.00. The zero-order chi connectivity index (χ0) is 9.56. The summed E-state index contributed by atoms with van der Waals surface area (Å²) in [7, 11) is 0. The number of primary amides is 1. The molecule has 0 aromatic rings. The minimum absolute atomic E-state index is 0.172. The Morgan fingerprint density at radius 2 is 2.25 bits per heavy atom. The van der Waals surface area contributed by atoms with Crippen molar-refractivity contribution >= 4 is 5.91 Å². The zero-order valence-corrected chi connectivity index (χ0v) is 7.00. The molecule has 0 unspecified atom stereocenters. The average molecular weight is 161 g/mol. The molecule has 62 valence electrons. The largest absolute Gasteiger partial charge is 0.365 e. The number of carbonyl (C=O) groups is 1. The van der Waals surface area contributed by atoms with Crippen molar-refractivity contribution in [3.05, 3.63) is 36.0 Å². The van der Waals surface area contributed by atoms with Crippen LogP contribution in [0.5, 0.6) is 0 Å². The molecule has 0 heterocycles. The quantitative estimate of drug-likeness (QED) is 0.377. The molecule has 0 aromatic heterocycles. The lowest BCUT2D eigenvalue weighted by molar-refractivity contribution is -0.114. The van der Waals surface area contributed by atoms with Gasteiger partial charge >= 0.3 is 0 Å². The Hall–Kier alpha value is -1.75. The van der Waals surface area contributed by atoms with E-state index in [0.29, 0.717) is 0 Å². The van der Waals surface area contributed by atoms with Gasteiger partial charge in [-0.3, -0.25) is 4.79 Å². The fourth-order valence-corrected chi connectivity index (χ4v) is 0.646. The van der Waals surface area contributed by atoms with Gasteiger partial charge in [-0.25, -0.2) is 0 Å². The monoisotopic (exact) mass is 161 g/mol. The molecule has 2 N–H and O–H groups in total. The molecule has 2 heteroatoms. The molecule has 0 aromatic carbocycles. The van der Waals surface area contributed by atoms with Crippen molar-refractivity contribution < 1.29 is 4.79 Å². The van der Waals surface area contributed by atoms with Crippen molar-refractivity contribution in [1.82, 2.24) is 0 Å². The summed E-state index contributed by atoms with van der Waals surface area (Å²) in [4.78, 5) is 10.6. The molecule has 0 aliphatic rings. The Balaban J connectivity index is 4.75. The van der Waals surface area contributed by atoms with E-state index < -0.39 is 5.91 Å². The minimum Gasteiger partial charge on any atom is -0.365 e. The van der Waals surface area contributed by atoms with Crippen LogP contribution in [0.1, 0.15) is 6.92 Å². The van der Waals surface area contributed by atoms with E-state index in [2.05, 4.69) is 12.5 Å². The molecule has 0 fully saturated rings. The normalized spacial score (nSPS) is 12.0. The molecule has 0 saturated carbocycles. The van der Waals surface area contributed by atoms with Gasteiger partial charge < -0.3 is 5.73 Å². The van der Waals surface area contributed by atoms with E-state index in [1.807, 2.05) is 6.92 Å². The summed E-state index contributed by atoms with van der Waals surface area (Å²) in [5.74, 6) is 1.61. The van der Waals surface area contributed by atoms with Gasteiger partial charge in [-0.1, -0.05) is 24.7 Å². The SMILES string of the molecule is C#CC(=CC(C)=CC=C)C(N)=O. The van der Waals surface area contributed by atoms with Crippen LogP contribution in [0.4, 0.5) is 0 Å². The molecule has 0 saturated heterocycles. The number of rotatable bonds is 3. The van der Waals surface area contributed by atoms with Gasteiger partial charge in [0.15, 0.2) is 0 Å². The van der Waals surface area contributed by atoms with Crippen LogP contribution in [0.15, 0.2) is 36.0 Å². The van der Waals surface area contributed by atoms with Crippen molar-refractivity contribution in [1.29, 1.82) is 0 Å². The molecule has 0 bridgehead atoms. The van der Waals surface area contributed by atoms with Crippen LogP contribution >= 0.6 is 0 Å². The first kappa shape index (κ1) is 10.2. The lowest BCUT2D eigenvalue weighted by Crippen LogP contribution is -2.12. The minimum atomic E-state index is -0.589. The number of hydrogen-bond acceptors (Lipinski definition) is 1. The maximum atomic E-state index is 10.6. The van der Waals surface area contributed by atoms with Crippen molar-refractivity contribution in [2.24, 2.45) is 5.73 Å². The van der Waals surface area contributed by atoms with Gasteiger partial charge in [-0.2, -0.15) is 0 Å². The number of allylic oxidation sites excluding steroid dienone is 4. The van der Waals surface area contributed by atoms with Crippen LogP contribution in [-0.4, -0.2) is 5.91 Å². The van der Waals surface area contributed by atoms with Gasteiger partial charge in [-0.15, -0.1) is 6.42 Å². The number of nitrogens with two attached hydrogens (primary N) is 1. The van der Waals surface area contributed by atoms with Crippen molar-refractivity contribution in [3.63, 3.8) is 0 Å². The summed E-state index contributed by atoms with van der Waals surface area (Å²) in [6, 6.07) is 0. The highest BCUT2D eigenvalue weighted by Gasteiger charge is 1.98. The third-order valence-electron chi connectivity index (χ3n) is 1.17. The van der Waals surface area contributed by atoms with Gasteiger partial charge in [0, 0.05) is 0 Å². The van der Waals surface area contributed by atoms with E-state index in [1.165, 1.54) is 0 Å². The van der Waals surface area contributed by atoms with Crippen molar-refractivity contribution in [3.8, 4) is 12.3 Å². The Labute approximate surface area is 72.5 Å². The first-order chi connectivity index (χ1) is 5.61. The second-order valence-corrected chi connectivity index (χ2v) is 2.21. The fourth-order valence-electron chi connectivity index (χ4n) is 0.646. The highest BCUT2D eigenvalue weighted by atomic mass is 16.1. The smallest absolute Gasteiger partial charge is 0.257 e. The Morgan fingerprint density at radius 3 is 2.58 bits per heavy atom. The molecule has 12 heavy (non-hydrogen) atoms. The van der Waals surface area contributed by atoms with Crippen LogP contribution in [-0.2, 0) is 4.79 Å². The standard InChI is InChI=1S/C10H11NO/c1-4-6-8(3)7-9(5-2)10(11)12/h2,4,6-7H,1H2,3H3,(H2,11,12). The predicted molar refractivity (Wildman–Crippen MR) is 50.1 cm³/mol. The molecule has 0 radical (unpaired) electrons. The second kappa shape index (κ2) is 4.97. The molecule has 0 spiro atoms. The third kappa shape index (κ3) is 3.43. The third-order valence-corrected chi connectivity index (χ3v) is 1.17.